The van der Waals surface area contributed by atoms with Gasteiger partial charge in [-0.3, -0.25) is 0 Å². The molecule has 3 nitrogen and oxygen atoms in total. The van der Waals surface area contributed by atoms with Crippen LogP contribution in [-0.4, -0.2) is 16.3 Å². The van der Waals surface area contributed by atoms with E-state index in [1.165, 1.54) is 16.8 Å². The van der Waals surface area contributed by atoms with Crippen molar-refractivity contribution in [3.05, 3.63) is 88.2 Å². The quantitative estimate of drug-likeness (QED) is 0.761. The van der Waals surface area contributed by atoms with E-state index < -0.39 is 0 Å². The van der Waals surface area contributed by atoms with Crippen molar-refractivity contribution in [1.82, 2.24) is 9.88 Å². The lowest BCUT2D eigenvalue weighted by atomic mass is 10.0. The van der Waals surface area contributed by atoms with Gasteiger partial charge in [-0.2, -0.15) is 0 Å². The van der Waals surface area contributed by atoms with Crippen LogP contribution in [0, 0.1) is 0 Å². The smallest absolute Gasteiger partial charge is 0.0737 e. The summed E-state index contributed by atoms with van der Waals surface area (Å²) in [4.78, 5) is 0. The summed E-state index contributed by atoms with van der Waals surface area (Å²) in [5.74, 6) is 0. The standard InChI is InChI=1S/C20H19ClN2O/c21-17-8-7-16-13-22-20(15-5-3-14(4-6-15)9-11-24)18-2-1-10-23(18)19(16)12-17/h1-8,10,12,20,22,24H,9,11,13H2. The number of halogens is 1. The molecule has 0 spiro atoms. The molecule has 1 unspecified atom stereocenters. The van der Waals surface area contributed by atoms with Crippen LogP contribution in [-0.2, 0) is 13.0 Å². The second-order valence-electron chi connectivity index (χ2n) is 6.11. The van der Waals surface area contributed by atoms with Crippen LogP contribution >= 0.6 is 11.6 Å². The highest BCUT2D eigenvalue weighted by Crippen LogP contribution is 2.31. The zero-order valence-electron chi connectivity index (χ0n) is 13.2. The van der Waals surface area contributed by atoms with E-state index in [0.29, 0.717) is 6.42 Å². The van der Waals surface area contributed by atoms with Crippen molar-refractivity contribution in [2.45, 2.75) is 19.0 Å². The Hall–Kier alpha value is -2.07. The predicted octanol–water partition coefficient (Wildman–Crippen LogP) is 3.86. The number of hydrogen-bond acceptors (Lipinski definition) is 2. The Kier molecular flexibility index (Phi) is 4.15. The molecule has 0 radical (unpaired) electrons. The molecular weight excluding hydrogens is 320 g/mol. The average molecular weight is 339 g/mol. The molecule has 1 atom stereocenters. The molecule has 1 aromatic heterocycles. The van der Waals surface area contributed by atoms with Gasteiger partial charge in [-0.1, -0.05) is 41.9 Å². The van der Waals surface area contributed by atoms with Gasteiger partial charge in [0.05, 0.1) is 11.7 Å². The lowest BCUT2D eigenvalue weighted by Gasteiger charge is -2.18. The minimum Gasteiger partial charge on any atom is -0.396 e. The number of benzene rings is 2. The molecule has 1 aliphatic rings. The normalized spacial score (nSPS) is 16.3. The molecule has 0 fully saturated rings. The number of rotatable bonds is 3. The summed E-state index contributed by atoms with van der Waals surface area (Å²) >= 11 is 6.21. The second kappa shape index (κ2) is 6.44. The van der Waals surface area contributed by atoms with Crippen LogP contribution in [0.2, 0.25) is 5.02 Å². The molecule has 0 saturated heterocycles. The van der Waals surface area contributed by atoms with E-state index in [9.17, 15) is 0 Å². The van der Waals surface area contributed by atoms with Gasteiger partial charge in [0.2, 0.25) is 0 Å². The first-order chi connectivity index (χ1) is 11.8. The molecule has 3 aromatic rings. The Morgan fingerprint density at radius 1 is 1.12 bits per heavy atom. The molecule has 0 bridgehead atoms. The lowest BCUT2D eigenvalue weighted by Crippen LogP contribution is -2.21. The Morgan fingerprint density at radius 2 is 1.96 bits per heavy atom. The monoisotopic (exact) mass is 338 g/mol. The van der Waals surface area contributed by atoms with Gasteiger partial charge >= 0.3 is 0 Å². The minimum absolute atomic E-state index is 0.120. The molecule has 0 aliphatic carbocycles. The maximum atomic E-state index is 9.07. The van der Waals surface area contributed by atoms with Crippen molar-refractivity contribution >= 4 is 11.6 Å². The van der Waals surface area contributed by atoms with Crippen molar-refractivity contribution in [1.29, 1.82) is 0 Å². The maximum Gasteiger partial charge on any atom is 0.0737 e. The van der Waals surface area contributed by atoms with E-state index >= 15 is 0 Å². The topological polar surface area (TPSA) is 37.2 Å². The molecule has 0 amide bonds. The van der Waals surface area contributed by atoms with Crippen LogP contribution in [0.5, 0.6) is 0 Å². The fourth-order valence-electron chi connectivity index (χ4n) is 3.37. The van der Waals surface area contributed by atoms with Gasteiger partial charge in [-0.25, -0.2) is 0 Å². The van der Waals surface area contributed by atoms with Gasteiger partial charge in [-0.05, 0) is 47.4 Å². The van der Waals surface area contributed by atoms with Crippen molar-refractivity contribution in [3.8, 4) is 5.69 Å². The largest absolute Gasteiger partial charge is 0.396 e. The number of nitrogens with one attached hydrogen (secondary N) is 1. The number of nitrogens with zero attached hydrogens (tertiary/aromatic N) is 1. The molecule has 24 heavy (non-hydrogen) atoms. The fraction of sp³-hybridized carbons (Fsp3) is 0.200. The van der Waals surface area contributed by atoms with Gasteiger partial charge < -0.3 is 15.0 Å². The molecule has 1 aliphatic heterocycles. The van der Waals surface area contributed by atoms with Crippen molar-refractivity contribution in [3.63, 3.8) is 0 Å². The summed E-state index contributed by atoms with van der Waals surface area (Å²) in [7, 11) is 0. The summed E-state index contributed by atoms with van der Waals surface area (Å²) in [6.45, 7) is 0.969. The second-order valence-corrected chi connectivity index (χ2v) is 6.54. The number of aliphatic hydroxyl groups is 1. The summed E-state index contributed by atoms with van der Waals surface area (Å²) in [6, 6.07) is 18.9. The van der Waals surface area contributed by atoms with E-state index in [0.717, 1.165) is 22.8 Å². The first-order valence-corrected chi connectivity index (χ1v) is 8.53. The van der Waals surface area contributed by atoms with E-state index in [2.05, 4.69) is 58.5 Å². The van der Waals surface area contributed by atoms with Gasteiger partial charge in [0.15, 0.2) is 0 Å². The Labute approximate surface area is 146 Å². The van der Waals surface area contributed by atoms with Gasteiger partial charge in [0, 0.05) is 30.1 Å². The fourth-order valence-corrected chi connectivity index (χ4v) is 3.54. The van der Waals surface area contributed by atoms with Crippen LogP contribution in [0.4, 0.5) is 0 Å². The highest BCUT2D eigenvalue weighted by Gasteiger charge is 2.22. The van der Waals surface area contributed by atoms with Crippen LogP contribution in [0.25, 0.3) is 5.69 Å². The third-order valence-electron chi connectivity index (χ3n) is 4.59. The van der Waals surface area contributed by atoms with Crippen LogP contribution in [0.15, 0.2) is 60.8 Å². The van der Waals surface area contributed by atoms with Crippen LogP contribution in [0.3, 0.4) is 0 Å². The number of hydrogen-bond donors (Lipinski definition) is 2. The third kappa shape index (κ3) is 2.75. The SMILES string of the molecule is OCCc1ccc(C2NCc3ccc(Cl)cc3-n3cccc32)cc1. The van der Waals surface area contributed by atoms with Crippen molar-refractivity contribution < 1.29 is 5.11 Å². The molecule has 4 rings (SSSR count). The zero-order valence-corrected chi connectivity index (χ0v) is 14.0. The highest BCUT2D eigenvalue weighted by molar-refractivity contribution is 6.30. The van der Waals surface area contributed by atoms with Crippen molar-refractivity contribution in [2.75, 3.05) is 6.61 Å². The summed E-state index contributed by atoms with van der Waals surface area (Å²) in [5, 5.41) is 13.5. The molecule has 4 heteroatoms. The summed E-state index contributed by atoms with van der Waals surface area (Å²) in [6.07, 6.45) is 2.78. The van der Waals surface area contributed by atoms with Crippen LogP contribution < -0.4 is 5.32 Å². The van der Waals surface area contributed by atoms with E-state index in [-0.39, 0.29) is 12.6 Å². The Morgan fingerprint density at radius 3 is 2.75 bits per heavy atom. The van der Waals surface area contributed by atoms with E-state index in [4.69, 9.17) is 16.7 Å². The maximum absolute atomic E-state index is 9.07. The lowest BCUT2D eigenvalue weighted by molar-refractivity contribution is 0.299. The van der Waals surface area contributed by atoms with Gasteiger partial charge in [0.1, 0.15) is 0 Å². The summed E-state index contributed by atoms with van der Waals surface area (Å²) < 4.78 is 2.22. The number of aliphatic hydroxyl groups excluding tert-OH is 1. The van der Waals surface area contributed by atoms with E-state index in [1.807, 2.05) is 12.1 Å². The first-order valence-electron chi connectivity index (χ1n) is 8.15. The molecule has 0 saturated carbocycles. The molecule has 2 heterocycles. The van der Waals surface area contributed by atoms with E-state index in [1.54, 1.807) is 0 Å². The molecule has 2 aromatic carbocycles. The number of fused-ring (bicyclic) bond motifs is 3. The van der Waals surface area contributed by atoms with Crippen molar-refractivity contribution in [2.24, 2.45) is 0 Å². The third-order valence-corrected chi connectivity index (χ3v) is 4.83. The molecular formula is C20H19ClN2O. The molecule has 122 valence electrons. The average Bonchev–Trinajstić information content (AvgIpc) is 3.02. The molecule has 2 N–H and O–H groups in total. The van der Waals surface area contributed by atoms with Gasteiger partial charge in [-0.15, -0.1) is 0 Å². The predicted molar refractivity (Wildman–Crippen MR) is 96.7 cm³/mol. The highest BCUT2D eigenvalue weighted by atomic mass is 35.5. The minimum atomic E-state index is 0.120. The van der Waals surface area contributed by atoms with Gasteiger partial charge in [0.25, 0.3) is 0 Å². The zero-order chi connectivity index (χ0) is 16.5. The number of aromatic nitrogens is 1. The first kappa shape index (κ1) is 15.5. The summed E-state index contributed by atoms with van der Waals surface area (Å²) in [5.41, 5.74) is 5.94. The van der Waals surface area contributed by atoms with Crippen LogP contribution in [0.1, 0.15) is 28.4 Å². The Bertz CT molecular complexity index is 854. The Balaban J connectivity index is 1.75.